The number of benzene rings is 2. The van der Waals surface area contributed by atoms with Crippen molar-refractivity contribution in [3.05, 3.63) is 59.5 Å². The zero-order valence-electron chi connectivity index (χ0n) is 15.0. The predicted molar refractivity (Wildman–Crippen MR) is 100.0 cm³/mol. The standard InChI is InChI=1S/C19H20N2O4S/c1-12-7-5-6-8-16(12)21-26(22,23)18-11-15(9-10-17(18)24-4)19-13(2)20-25-14(19)3/h5-11,21H,1-4H3. The summed E-state index contributed by atoms with van der Waals surface area (Å²) in [6.45, 7) is 5.45. The predicted octanol–water partition coefficient (Wildman–Crippen LogP) is 4.08. The highest BCUT2D eigenvalue weighted by molar-refractivity contribution is 7.92. The van der Waals surface area contributed by atoms with Gasteiger partial charge in [-0.25, -0.2) is 8.42 Å². The van der Waals surface area contributed by atoms with Crippen LogP contribution in [0.25, 0.3) is 11.1 Å². The Bertz CT molecular complexity index is 1040. The molecule has 0 aliphatic rings. The van der Waals surface area contributed by atoms with Gasteiger partial charge in [0.2, 0.25) is 0 Å². The molecule has 136 valence electrons. The second kappa shape index (κ2) is 6.84. The van der Waals surface area contributed by atoms with Gasteiger partial charge in [0, 0.05) is 5.56 Å². The van der Waals surface area contributed by atoms with E-state index in [0.29, 0.717) is 22.7 Å². The fourth-order valence-electron chi connectivity index (χ4n) is 2.82. The van der Waals surface area contributed by atoms with Gasteiger partial charge in [-0.1, -0.05) is 29.4 Å². The first-order valence-corrected chi connectivity index (χ1v) is 9.51. The van der Waals surface area contributed by atoms with E-state index in [1.807, 2.05) is 26.0 Å². The lowest BCUT2D eigenvalue weighted by molar-refractivity contribution is 0.393. The lowest BCUT2D eigenvalue weighted by Crippen LogP contribution is -2.15. The van der Waals surface area contributed by atoms with Crippen LogP contribution in [0.5, 0.6) is 5.75 Å². The molecule has 1 N–H and O–H groups in total. The molecule has 0 saturated carbocycles. The Balaban J connectivity index is 2.11. The number of hydrogen-bond acceptors (Lipinski definition) is 5. The largest absolute Gasteiger partial charge is 0.495 e. The van der Waals surface area contributed by atoms with Crippen molar-refractivity contribution in [2.24, 2.45) is 0 Å². The molecule has 26 heavy (non-hydrogen) atoms. The number of aryl methyl sites for hydroxylation is 3. The highest BCUT2D eigenvalue weighted by Crippen LogP contribution is 2.34. The molecule has 6 nitrogen and oxygen atoms in total. The van der Waals surface area contributed by atoms with Crippen LogP contribution in [0.15, 0.2) is 51.9 Å². The van der Waals surface area contributed by atoms with Gasteiger partial charge in [-0.05, 0) is 50.1 Å². The monoisotopic (exact) mass is 372 g/mol. The summed E-state index contributed by atoms with van der Waals surface area (Å²) in [7, 11) is -2.40. The lowest BCUT2D eigenvalue weighted by atomic mass is 10.0. The van der Waals surface area contributed by atoms with Crippen molar-refractivity contribution in [2.75, 3.05) is 11.8 Å². The van der Waals surface area contributed by atoms with E-state index in [1.54, 1.807) is 37.3 Å². The molecular formula is C19H20N2O4S. The van der Waals surface area contributed by atoms with Gasteiger partial charge in [-0.15, -0.1) is 0 Å². The molecule has 0 radical (unpaired) electrons. The minimum absolute atomic E-state index is 0.0563. The summed E-state index contributed by atoms with van der Waals surface area (Å²) in [6.07, 6.45) is 0. The molecule has 0 saturated heterocycles. The van der Waals surface area contributed by atoms with Crippen LogP contribution < -0.4 is 9.46 Å². The minimum Gasteiger partial charge on any atom is -0.495 e. The number of nitrogens with one attached hydrogen (secondary N) is 1. The Labute approximate surface area is 152 Å². The summed E-state index contributed by atoms with van der Waals surface area (Å²) < 4.78 is 39.1. The molecule has 3 rings (SSSR count). The lowest BCUT2D eigenvalue weighted by Gasteiger charge is -2.14. The first-order valence-electron chi connectivity index (χ1n) is 8.03. The average Bonchev–Trinajstić information content (AvgIpc) is 2.95. The van der Waals surface area contributed by atoms with Gasteiger partial charge in [0.15, 0.2) is 0 Å². The quantitative estimate of drug-likeness (QED) is 0.730. The maximum atomic E-state index is 13.0. The number of methoxy groups -OCH3 is 1. The Morgan fingerprint density at radius 2 is 1.81 bits per heavy atom. The van der Waals surface area contributed by atoms with E-state index in [0.717, 1.165) is 11.1 Å². The molecule has 0 fully saturated rings. The molecule has 0 unspecified atom stereocenters. The number of hydrogen-bond donors (Lipinski definition) is 1. The third-order valence-corrected chi connectivity index (χ3v) is 5.55. The molecule has 1 heterocycles. The first-order chi connectivity index (χ1) is 12.3. The zero-order valence-corrected chi connectivity index (χ0v) is 15.8. The first kappa shape index (κ1) is 18.0. The SMILES string of the molecule is COc1ccc(-c2c(C)noc2C)cc1S(=O)(=O)Nc1ccccc1C. The number of para-hydroxylation sites is 1. The fourth-order valence-corrected chi connectivity index (χ4v) is 4.15. The van der Waals surface area contributed by atoms with Gasteiger partial charge in [0.05, 0.1) is 18.5 Å². The van der Waals surface area contributed by atoms with Crippen LogP contribution in [0.4, 0.5) is 5.69 Å². The summed E-state index contributed by atoms with van der Waals surface area (Å²) in [5.74, 6) is 0.893. The van der Waals surface area contributed by atoms with Crippen molar-refractivity contribution in [3.8, 4) is 16.9 Å². The highest BCUT2D eigenvalue weighted by Gasteiger charge is 2.23. The molecule has 2 aromatic carbocycles. The van der Waals surface area contributed by atoms with Crippen molar-refractivity contribution < 1.29 is 17.7 Å². The van der Waals surface area contributed by atoms with Gasteiger partial charge >= 0.3 is 0 Å². The van der Waals surface area contributed by atoms with Gasteiger partial charge in [0.25, 0.3) is 10.0 Å². The molecule has 0 aliphatic carbocycles. The molecule has 1 aromatic heterocycles. The van der Waals surface area contributed by atoms with E-state index in [9.17, 15) is 8.42 Å². The van der Waals surface area contributed by atoms with Crippen LogP contribution in [0.3, 0.4) is 0 Å². The van der Waals surface area contributed by atoms with E-state index in [4.69, 9.17) is 9.26 Å². The topological polar surface area (TPSA) is 81.4 Å². The molecule has 0 atom stereocenters. The Kier molecular flexibility index (Phi) is 4.73. The summed E-state index contributed by atoms with van der Waals surface area (Å²) >= 11 is 0. The summed E-state index contributed by atoms with van der Waals surface area (Å²) in [6, 6.07) is 12.2. The molecular weight excluding hydrogens is 352 g/mol. The number of aromatic nitrogens is 1. The van der Waals surface area contributed by atoms with Crippen LogP contribution in [0.1, 0.15) is 17.0 Å². The number of anilines is 1. The molecule has 7 heteroatoms. The molecule has 3 aromatic rings. The summed E-state index contributed by atoms with van der Waals surface area (Å²) in [5.41, 5.74) is 3.53. The minimum atomic E-state index is -3.84. The van der Waals surface area contributed by atoms with Crippen molar-refractivity contribution in [3.63, 3.8) is 0 Å². The smallest absolute Gasteiger partial charge is 0.265 e. The van der Waals surface area contributed by atoms with Crippen LogP contribution in [-0.4, -0.2) is 20.7 Å². The van der Waals surface area contributed by atoms with Crippen molar-refractivity contribution in [1.82, 2.24) is 5.16 Å². The fraction of sp³-hybridized carbons (Fsp3) is 0.211. The highest BCUT2D eigenvalue weighted by atomic mass is 32.2. The average molecular weight is 372 g/mol. The molecule has 0 amide bonds. The number of rotatable bonds is 5. The Morgan fingerprint density at radius 1 is 1.08 bits per heavy atom. The van der Waals surface area contributed by atoms with E-state index >= 15 is 0 Å². The third-order valence-electron chi connectivity index (χ3n) is 4.16. The second-order valence-electron chi connectivity index (χ2n) is 5.99. The number of ether oxygens (including phenoxy) is 1. The van der Waals surface area contributed by atoms with Crippen LogP contribution in [0.2, 0.25) is 0 Å². The molecule has 0 bridgehead atoms. The number of nitrogens with zero attached hydrogens (tertiary/aromatic N) is 1. The van der Waals surface area contributed by atoms with E-state index < -0.39 is 10.0 Å². The van der Waals surface area contributed by atoms with E-state index in [2.05, 4.69) is 9.88 Å². The summed E-state index contributed by atoms with van der Waals surface area (Å²) in [5, 5.41) is 3.93. The summed E-state index contributed by atoms with van der Waals surface area (Å²) in [4.78, 5) is 0.0563. The zero-order chi connectivity index (χ0) is 18.9. The van der Waals surface area contributed by atoms with Gasteiger partial charge < -0.3 is 9.26 Å². The van der Waals surface area contributed by atoms with Crippen molar-refractivity contribution in [1.29, 1.82) is 0 Å². The van der Waals surface area contributed by atoms with Gasteiger partial charge in [-0.2, -0.15) is 0 Å². The number of sulfonamides is 1. The maximum absolute atomic E-state index is 13.0. The van der Waals surface area contributed by atoms with Crippen molar-refractivity contribution >= 4 is 15.7 Å². The molecule has 0 spiro atoms. The third kappa shape index (κ3) is 3.30. The maximum Gasteiger partial charge on any atom is 0.265 e. The van der Waals surface area contributed by atoms with E-state index in [1.165, 1.54) is 7.11 Å². The van der Waals surface area contributed by atoms with Crippen LogP contribution in [0, 0.1) is 20.8 Å². The van der Waals surface area contributed by atoms with Crippen LogP contribution >= 0.6 is 0 Å². The Hall–Kier alpha value is -2.80. The second-order valence-corrected chi connectivity index (χ2v) is 7.64. The van der Waals surface area contributed by atoms with Gasteiger partial charge in [-0.3, -0.25) is 4.72 Å². The van der Waals surface area contributed by atoms with E-state index in [-0.39, 0.29) is 10.6 Å². The van der Waals surface area contributed by atoms with Crippen molar-refractivity contribution in [2.45, 2.75) is 25.7 Å². The Morgan fingerprint density at radius 3 is 2.42 bits per heavy atom. The molecule has 0 aliphatic heterocycles. The van der Waals surface area contributed by atoms with Gasteiger partial charge in [0.1, 0.15) is 16.4 Å². The van der Waals surface area contributed by atoms with Crippen LogP contribution in [-0.2, 0) is 10.0 Å². The normalized spacial score (nSPS) is 11.4.